The van der Waals surface area contributed by atoms with Crippen LogP contribution in [0.15, 0.2) is 23.4 Å². The van der Waals surface area contributed by atoms with E-state index in [1.807, 2.05) is 32.7 Å². The first kappa shape index (κ1) is 14.7. The van der Waals surface area contributed by atoms with Gasteiger partial charge < -0.3 is 4.90 Å². The minimum atomic E-state index is -0.281. The third-order valence-electron chi connectivity index (χ3n) is 3.13. The van der Waals surface area contributed by atoms with Gasteiger partial charge in [-0.15, -0.1) is 0 Å². The first-order valence-corrected chi connectivity index (χ1v) is 6.51. The van der Waals surface area contributed by atoms with E-state index in [0.29, 0.717) is 11.3 Å². The maximum absolute atomic E-state index is 12.1. The van der Waals surface area contributed by atoms with Crippen LogP contribution in [0.3, 0.4) is 0 Å². The van der Waals surface area contributed by atoms with E-state index in [4.69, 9.17) is 0 Å². The normalized spacial score (nSPS) is 16.5. The average Bonchev–Trinajstić information content (AvgIpc) is 2.27. The highest BCUT2D eigenvalue weighted by Crippen LogP contribution is 2.29. The molecule has 0 aliphatic heterocycles. The summed E-state index contributed by atoms with van der Waals surface area (Å²) < 4.78 is 0. The molecular formula is C15H23NO2. The van der Waals surface area contributed by atoms with Gasteiger partial charge in [0, 0.05) is 25.2 Å². The number of hydrogen-bond donors (Lipinski definition) is 0. The lowest BCUT2D eigenvalue weighted by molar-refractivity contribution is -0.116. The molecule has 0 saturated carbocycles. The average molecular weight is 249 g/mol. The van der Waals surface area contributed by atoms with Gasteiger partial charge in [-0.25, -0.2) is 0 Å². The summed E-state index contributed by atoms with van der Waals surface area (Å²) >= 11 is 0. The van der Waals surface area contributed by atoms with Crippen LogP contribution in [0.4, 0.5) is 0 Å². The van der Waals surface area contributed by atoms with Crippen molar-refractivity contribution in [2.24, 2.45) is 5.41 Å². The molecule has 0 unspecified atom stereocenters. The predicted octanol–water partition coefficient (Wildman–Crippen LogP) is 2.73. The summed E-state index contributed by atoms with van der Waals surface area (Å²) in [6.45, 7) is 8.75. The monoisotopic (exact) mass is 249 g/mol. The number of nitrogens with zero attached hydrogens (tertiary/aromatic N) is 1. The highest BCUT2D eigenvalue weighted by atomic mass is 16.1. The molecule has 3 nitrogen and oxygen atoms in total. The van der Waals surface area contributed by atoms with Crippen molar-refractivity contribution in [3.05, 3.63) is 23.4 Å². The fourth-order valence-corrected chi connectivity index (χ4v) is 1.95. The Morgan fingerprint density at radius 3 is 2.22 bits per heavy atom. The Morgan fingerprint density at radius 2 is 1.72 bits per heavy atom. The maximum atomic E-state index is 12.1. The SMILES string of the molecule is CCCCN(C)C1=CC(=O)C(C(C)(C)C)=CC1=O. The summed E-state index contributed by atoms with van der Waals surface area (Å²) in [4.78, 5) is 26.0. The third kappa shape index (κ3) is 3.31. The van der Waals surface area contributed by atoms with Crippen LogP contribution in [-0.2, 0) is 9.59 Å². The van der Waals surface area contributed by atoms with Gasteiger partial charge in [0.25, 0.3) is 0 Å². The van der Waals surface area contributed by atoms with E-state index < -0.39 is 0 Å². The highest BCUT2D eigenvalue weighted by molar-refractivity contribution is 6.20. The summed E-state index contributed by atoms with van der Waals surface area (Å²) in [6.07, 6.45) is 5.08. The van der Waals surface area contributed by atoms with Crippen molar-refractivity contribution in [3.63, 3.8) is 0 Å². The molecule has 1 aliphatic carbocycles. The van der Waals surface area contributed by atoms with Crippen LogP contribution in [0.25, 0.3) is 0 Å². The van der Waals surface area contributed by atoms with Crippen molar-refractivity contribution in [1.82, 2.24) is 4.90 Å². The Morgan fingerprint density at radius 1 is 1.11 bits per heavy atom. The maximum Gasteiger partial charge on any atom is 0.202 e. The smallest absolute Gasteiger partial charge is 0.202 e. The lowest BCUT2D eigenvalue weighted by Gasteiger charge is -2.27. The van der Waals surface area contributed by atoms with Gasteiger partial charge in [-0.2, -0.15) is 0 Å². The standard InChI is InChI=1S/C15H23NO2/c1-6-7-8-16(5)12-10-13(17)11(9-14(12)18)15(2,3)4/h9-10H,6-8H2,1-5H3. The molecule has 0 aromatic rings. The second-order valence-corrected chi connectivity index (χ2v) is 5.84. The first-order chi connectivity index (χ1) is 8.27. The van der Waals surface area contributed by atoms with E-state index in [1.165, 1.54) is 12.2 Å². The van der Waals surface area contributed by atoms with E-state index in [-0.39, 0.29) is 17.0 Å². The van der Waals surface area contributed by atoms with Crippen molar-refractivity contribution in [2.75, 3.05) is 13.6 Å². The molecule has 0 heterocycles. The number of rotatable bonds is 4. The fraction of sp³-hybridized carbons (Fsp3) is 0.600. The minimum absolute atomic E-state index is 0.0413. The van der Waals surface area contributed by atoms with Crippen molar-refractivity contribution in [1.29, 1.82) is 0 Å². The Hall–Kier alpha value is -1.38. The molecule has 0 aromatic carbocycles. The largest absolute Gasteiger partial charge is 0.371 e. The zero-order valence-corrected chi connectivity index (χ0v) is 12.0. The van der Waals surface area contributed by atoms with Gasteiger partial charge in [0.1, 0.15) is 0 Å². The molecule has 0 aromatic heterocycles. The van der Waals surface area contributed by atoms with Crippen molar-refractivity contribution in [2.45, 2.75) is 40.5 Å². The fourth-order valence-electron chi connectivity index (χ4n) is 1.95. The molecule has 1 aliphatic rings. The van der Waals surface area contributed by atoms with Crippen LogP contribution >= 0.6 is 0 Å². The van der Waals surface area contributed by atoms with Crippen molar-refractivity contribution >= 4 is 11.6 Å². The molecule has 0 saturated heterocycles. The van der Waals surface area contributed by atoms with Crippen LogP contribution in [0.2, 0.25) is 0 Å². The number of unbranched alkanes of at least 4 members (excludes halogenated alkanes) is 1. The number of carbonyl (C=O) groups excluding carboxylic acids is 2. The Labute approximate surface area is 110 Å². The number of carbonyl (C=O) groups is 2. The summed E-state index contributed by atoms with van der Waals surface area (Å²) in [6, 6.07) is 0. The third-order valence-corrected chi connectivity index (χ3v) is 3.13. The van der Waals surface area contributed by atoms with Gasteiger partial charge in [0.2, 0.25) is 5.78 Å². The van der Waals surface area contributed by atoms with E-state index >= 15 is 0 Å². The zero-order chi connectivity index (χ0) is 13.9. The number of likely N-dealkylation sites (N-methyl/N-ethyl adjacent to an activating group) is 1. The Kier molecular flexibility index (Phi) is 4.49. The van der Waals surface area contributed by atoms with Gasteiger partial charge >= 0.3 is 0 Å². The van der Waals surface area contributed by atoms with E-state index in [9.17, 15) is 9.59 Å². The lowest BCUT2D eigenvalue weighted by atomic mass is 9.80. The number of ketones is 2. The molecular weight excluding hydrogens is 226 g/mol. The molecule has 0 bridgehead atoms. The summed E-state index contributed by atoms with van der Waals surface area (Å²) in [5.41, 5.74) is 0.832. The van der Waals surface area contributed by atoms with E-state index in [1.54, 1.807) is 0 Å². The van der Waals surface area contributed by atoms with Crippen LogP contribution in [0.1, 0.15) is 40.5 Å². The minimum Gasteiger partial charge on any atom is -0.371 e. The van der Waals surface area contributed by atoms with Gasteiger partial charge in [-0.1, -0.05) is 34.1 Å². The van der Waals surface area contributed by atoms with Crippen LogP contribution in [-0.4, -0.2) is 30.1 Å². The molecule has 0 spiro atoms. The lowest BCUT2D eigenvalue weighted by Crippen LogP contribution is -2.30. The second kappa shape index (κ2) is 5.51. The van der Waals surface area contributed by atoms with E-state index in [0.717, 1.165) is 19.4 Å². The quantitative estimate of drug-likeness (QED) is 0.719. The molecule has 3 heteroatoms. The van der Waals surface area contributed by atoms with Gasteiger partial charge in [-0.3, -0.25) is 9.59 Å². The Bertz CT molecular complexity index is 411. The first-order valence-electron chi connectivity index (χ1n) is 6.51. The van der Waals surface area contributed by atoms with Crippen LogP contribution < -0.4 is 0 Å². The summed E-state index contributed by atoms with van der Waals surface area (Å²) in [7, 11) is 1.86. The highest BCUT2D eigenvalue weighted by Gasteiger charge is 2.29. The Balaban J connectivity index is 2.90. The summed E-state index contributed by atoms with van der Waals surface area (Å²) in [5.74, 6) is -0.0985. The van der Waals surface area contributed by atoms with Crippen molar-refractivity contribution < 1.29 is 9.59 Å². The molecule has 0 fully saturated rings. The molecule has 0 radical (unpaired) electrons. The zero-order valence-electron chi connectivity index (χ0n) is 12.0. The number of hydrogen-bond acceptors (Lipinski definition) is 3. The predicted molar refractivity (Wildman–Crippen MR) is 73.2 cm³/mol. The number of allylic oxidation sites excluding steroid dienone is 3. The van der Waals surface area contributed by atoms with Gasteiger partial charge in [0.05, 0.1) is 5.70 Å². The van der Waals surface area contributed by atoms with E-state index in [2.05, 4.69) is 6.92 Å². The molecule has 0 amide bonds. The molecule has 100 valence electrons. The molecule has 0 atom stereocenters. The summed E-state index contributed by atoms with van der Waals surface area (Å²) in [5, 5.41) is 0. The van der Waals surface area contributed by atoms with Crippen LogP contribution in [0, 0.1) is 5.41 Å². The van der Waals surface area contributed by atoms with Crippen LogP contribution in [0.5, 0.6) is 0 Å². The molecule has 18 heavy (non-hydrogen) atoms. The molecule has 0 N–H and O–H groups in total. The topological polar surface area (TPSA) is 37.4 Å². The van der Waals surface area contributed by atoms with Gasteiger partial charge in [-0.05, 0) is 17.9 Å². The molecule has 1 rings (SSSR count). The van der Waals surface area contributed by atoms with Crippen molar-refractivity contribution in [3.8, 4) is 0 Å². The second-order valence-electron chi connectivity index (χ2n) is 5.84. The van der Waals surface area contributed by atoms with Gasteiger partial charge in [0.15, 0.2) is 5.78 Å².